The summed E-state index contributed by atoms with van der Waals surface area (Å²) in [4.78, 5) is 16.9. The van der Waals surface area contributed by atoms with Gasteiger partial charge in [0.25, 0.3) is 0 Å². The van der Waals surface area contributed by atoms with Crippen LogP contribution in [0.15, 0.2) is 36.4 Å². The topological polar surface area (TPSA) is 55.6 Å². The molecule has 0 spiro atoms. The molecule has 1 aromatic heterocycles. The zero-order valence-corrected chi connectivity index (χ0v) is 16.2. The molecule has 2 bridgehead atoms. The minimum atomic E-state index is -0.412. The summed E-state index contributed by atoms with van der Waals surface area (Å²) >= 11 is 1.91. The van der Waals surface area contributed by atoms with E-state index in [0.29, 0.717) is 23.7 Å². The quantitative estimate of drug-likeness (QED) is 0.854. The molecule has 0 radical (unpaired) electrons. The fraction of sp³-hybridized carbons (Fsp3) is 0.476. The van der Waals surface area contributed by atoms with E-state index in [-0.39, 0.29) is 6.10 Å². The molecular weight excluding hydrogens is 344 g/mol. The lowest BCUT2D eigenvalue weighted by molar-refractivity contribution is 0.0263. The second-order valence-corrected chi connectivity index (χ2v) is 8.88. The summed E-state index contributed by atoms with van der Waals surface area (Å²) in [5, 5.41) is 0. The smallest absolute Gasteiger partial charge is 0.248 e. The molecule has 0 saturated carbocycles. The van der Waals surface area contributed by atoms with Gasteiger partial charge < -0.3 is 10.5 Å². The second kappa shape index (κ2) is 7.05. The van der Waals surface area contributed by atoms with Crippen LogP contribution in [0, 0.1) is 6.92 Å². The molecule has 1 amide bonds. The van der Waals surface area contributed by atoms with Crippen molar-refractivity contribution in [1.29, 1.82) is 0 Å². The molecule has 4 rings (SSSR count). The Balaban J connectivity index is 1.45. The number of primary amides is 1. The maximum Gasteiger partial charge on any atom is 0.248 e. The Kier molecular flexibility index (Phi) is 4.76. The van der Waals surface area contributed by atoms with E-state index in [9.17, 15) is 4.79 Å². The highest BCUT2D eigenvalue weighted by atomic mass is 32.1. The summed E-state index contributed by atoms with van der Waals surface area (Å²) in [5.41, 5.74) is 5.88. The lowest BCUT2D eigenvalue weighted by Crippen LogP contribution is -2.47. The Labute approximate surface area is 159 Å². The van der Waals surface area contributed by atoms with Gasteiger partial charge in [-0.3, -0.25) is 9.69 Å². The van der Waals surface area contributed by atoms with Gasteiger partial charge in [-0.15, -0.1) is 11.3 Å². The molecule has 5 heteroatoms. The Morgan fingerprint density at radius 1 is 1.23 bits per heavy atom. The first-order valence-electron chi connectivity index (χ1n) is 9.41. The fourth-order valence-corrected chi connectivity index (χ4v) is 5.57. The number of thiophene rings is 1. The SMILES string of the molecule is Cc1ccc([C@@H](C)N2[C@@H]3CC[C@H]2CC(Oc2cccc(C(N)=O)c2)C3)s1. The van der Waals surface area contributed by atoms with Crippen LogP contribution in [0.25, 0.3) is 0 Å². The number of benzene rings is 1. The molecule has 2 aromatic rings. The summed E-state index contributed by atoms with van der Waals surface area (Å²) in [6, 6.07) is 13.4. The highest BCUT2D eigenvalue weighted by Crippen LogP contribution is 2.43. The van der Waals surface area contributed by atoms with E-state index in [1.807, 2.05) is 23.5 Å². The summed E-state index contributed by atoms with van der Waals surface area (Å²) in [5.74, 6) is 0.339. The monoisotopic (exact) mass is 370 g/mol. The van der Waals surface area contributed by atoms with Crippen LogP contribution in [0.1, 0.15) is 58.8 Å². The van der Waals surface area contributed by atoms with Gasteiger partial charge >= 0.3 is 0 Å². The van der Waals surface area contributed by atoms with Gasteiger partial charge in [-0.05, 0) is 69.9 Å². The number of fused-ring (bicyclic) bond motifs is 2. The predicted molar refractivity (Wildman–Crippen MR) is 105 cm³/mol. The number of aryl methyl sites for hydroxylation is 1. The maximum absolute atomic E-state index is 11.4. The van der Waals surface area contributed by atoms with Crippen LogP contribution in [0.3, 0.4) is 0 Å². The van der Waals surface area contributed by atoms with Crippen molar-refractivity contribution >= 4 is 17.2 Å². The third-order valence-corrected chi connectivity index (χ3v) is 6.96. The van der Waals surface area contributed by atoms with Gasteiger partial charge in [-0.2, -0.15) is 0 Å². The van der Waals surface area contributed by atoms with Gasteiger partial charge in [0, 0.05) is 33.4 Å². The van der Waals surface area contributed by atoms with Crippen LogP contribution < -0.4 is 10.5 Å². The highest BCUT2D eigenvalue weighted by molar-refractivity contribution is 7.12. The molecule has 138 valence electrons. The fourth-order valence-electron chi connectivity index (χ4n) is 4.63. The number of ether oxygens (including phenoxy) is 1. The highest BCUT2D eigenvalue weighted by Gasteiger charge is 2.44. The Bertz CT molecular complexity index is 789. The van der Waals surface area contributed by atoms with Crippen molar-refractivity contribution in [3.05, 3.63) is 51.7 Å². The van der Waals surface area contributed by atoms with E-state index in [1.165, 1.54) is 22.6 Å². The number of piperidine rings is 1. The summed E-state index contributed by atoms with van der Waals surface area (Å²) in [7, 11) is 0. The number of nitrogens with two attached hydrogens (primary N) is 1. The van der Waals surface area contributed by atoms with Gasteiger partial charge in [0.1, 0.15) is 11.9 Å². The van der Waals surface area contributed by atoms with Crippen molar-refractivity contribution in [3.63, 3.8) is 0 Å². The van der Waals surface area contributed by atoms with E-state index in [4.69, 9.17) is 10.5 Å². The lowest BCUT2D eigenvalue weighted by atomic mass is 9.97. The summed E-state index contributed by atoms with van der Waals surface area (Å²) in [6.07, 6.45) is 4.81. The van der Waals surface area contributed by atoms with Crippen molar-refractivity contribution in [3.8, 4) is 5.75 Å². The normalized spacial score (nSPS) is 26.6. The molecular formula is C21H26N2O2S. The van der Waals surface area contributed by atoms with E-state index in [2.05, 4.69) is 30.9 Å². The van der Waals surface area contributed by atoms with Gasteiger partial charge in [-0.25, -0.2) is 0 Å². The van der Waals surface area contributed by atoms with Crippen molar-refractivity contribution in [2.45, 2.75) is 63.8 Å². The lowest BCUT2D eigenvalue weighted by Gasteiger charge is -2.42. The molecule has 2 N–H and O–H groups in total. The van der Waals surface area contributed by atoms with Gasteiger partial charge in [-0.1, -0.05) is 6.07 Å². The van der Waals surface area contributed by atoms with Gasteiger partial charge in [0.2, 0.25) is 5.91 Å². The Morgan fingerprint density at radius 3 is 2.58 bits per heavy atom. The number of hydrogen-bond acceptors (Lipinski definition) is 4. The van der Waals surface area contributed by atoms with E-state index in [1.54, 1.807) is 12.1 Å². The average Bonchev–Trinajstić information content (AvgIpc) is 3.16. The maximum atomic E-state index is 11.4. The number of carbonyl (C=O) groups excluding carboxylic acids is 1. The van der Waals surface area contributed by atoms with E-state index < -0.39 is 5.91 Å². The first-order chi connectivity index (χ1) is 12.5. The first-order valence-corrected chi connectivity index (χ1v) is 10.2. The average molecular weight is 371 g/mol. The predicted octanol–water partition coefficient (Wildman–Crippen LogP) is 4.29. The van der Waals surface area contributed by atoms with E-state index in [0.717, 1.165) is 18.6 Å². The van der Waals surface area contributed by atoms with Crippen molar-refractivity contribution < 1.29 is 9.53 Å². The van der Waals surface area contributed by atoms with Crippen LogP contribution >= 0.6 is 11.3 Å². The third-order valence-electron chi connectivity index (χ3n) is 5.79. The summed E-state index contributed by atoms with van der Waals surface area (Å²) in [6.45, 7) is 4.52. The van der Waals surface area contributed by atoms with Crippen LogP contribution in [0.2, 0.25) is 0 Å². The zero-order chi connectivity index (χ0) is 18.3. The van der Waals surface area contributed by atoms with E-state index >= 15 is 0 Å². The molecule has 1 unspecified atom stereocenters. The standard InChI is InChI=1S/C21H26N2O2S/c1-13-6-9-20(26-13)14(2)23-16-7-8-17(23)12-19(11-16)25-18-5-3-4-15(10-18)21(22)24/h3-6,9-10,14,16-17,19H,7-8,11-12H2,1-2H3,(H2,22,24)/t14-,16-,17+,19?/m1/s1. The summed E-state index contributed by atoms with van der Waals surface area (Å²) < 4.78 is 6.23. The Morgan fingerprint density at radius 2 is 1.96 bits per heavy atom. The van der Waals surface area contributed by atoms with Gasteiger partial charge in [0.15, 0.2) is 0 Å². The zero-order valence-electron chi connectivity index (χ0n) is 15.4. The number of hydrogen-bond donors (Lipinski definition) is 1. The molecule has 2 aliphatic heterocycles. The second-order valence-electron chi connectivity index (χ2n) is 7.56. The number of rotatable bonds is 5. The van der Waals surface area contributed by atoms with Crippen LogP contribution in [0.5, 0.6) is 5.75 Å². The largest absolute Gasteiger partial charge is 0.490 e. The van der Waals surface area contributed by atoms with Crippen molar-refractivity contribution in [1.82, 2.24) is 4.90 Å². The molecule has 1 aromatic carbocycles. The van der Waals surface area contributed by atoms with Gasteiger partial charge in [0.05, 0.1) is 0 Å². The number of amides is 1. The third kappa shape index (κ3) is 3.38. The first kappa shape index (κ1) is 17.6. The Hall–Kier alpha value is -1.85. The molecule has 2 fully saturated rings. The molecule has 3 heterocycles. The van der Waals surface area contributed by atoms with Crippen LogP contribution in [0.4, 0.5) is 0 Å². The minimum absolute atomic E-state index is 0.212. The molecule has 26 heavy (non-hydrogen) atoms. The van der Waals surface area contributed by atoms with Crippen molar-refractivity contribution in [2.75, 3.05) is 0 Å². The number of carbonyl (C=O) groups is 1. The minimum Gasteiger partial charge on any atom is -0.490 e. The van der Waals surface area contributed by atoms with Crippen molar-refractivity contribution in [2.24, 2.45) is 5.73 Å². The molecule has 4 nitrogen and oxygen atoms in total. The van der Waals surface area contributed by atoms with Crippen LogP contribution in [-0.2, 0) is 0 Å². The molecule has 2 saturated heterocycles. The van der Waals surface area contributed by atoms with Crippen LogP contribution in [-0.4, -0.2) is 29.0 Å². The molecule has 2 aliphatic rings. The number of nitrogens with zero attached hydrogens (tertiary/aromatic N) is 1. The molecule has 4 atom stereocenters. The molecule has 0 aliphatic carbocycles.